The van der Waals surface area contributed by atoms with Gasteiger partial charge in [-0.05, 0) is 26.0 Å². The van der Waals surface area contributed by atoms with E-state index in [0.717, 1.165) is 13.0 Å². The molecule has 0 atom stereocenters. The highest BCUT2D eigenvalue weighted by atomic mass is 16.5. The Kier molecular flexibility index (Phi) is 6.82. The normalized spacial score (nSPS) is 10.5. The van der Waals surface area contributed by atoms with Crippen LogP contribution in [0, 0.1) is 0 Å². The van der Waals surface area contributed by atoms with E-state index in [1.807, 2.05) is 30.1 Å². The molecular formula is C15H21NO3. The van der Waals surface area contributed by atoms with E-state index in [1.165, 1.54) is 5.56 Å². The molecule has 0 fully saturated rings. The molecule has 0 aliphatic carbocycles. The van der Waals surface area contributed by atoms with Gasteiger partial charge in [-0.2, -0.15) is 0 Å². The van der Waals surface area contributed by atoms with Crippen LogP contribution in [0.15, 0.2) is 30.3 Å². The monoisotopic (exact) mass is 263 g/mol. The molecule has 104 valence electrons. The quantitative estimate of drug-likeness (QED) is 0.529. The number of carbonyl (C=O) groups is 2. The van der Waals surface area contributed by atoms with Gasteiger partial charge in [0.15, 0.2) is 5.78 Å². The number of carbonyl (C=O) groups excluding carboxylic acids is 2. The van der Waals surface area contributed by atoms with Gasteiger partial charge in [0.05, 0.1) is 13.2 Å². The number of likely N-dealkylation sites (N-methyl/N-ethyl adjacent to an activating group) is 1. The number of esters is 1. The second-order valence-corrected chi connectivity index (χ2v) is 4.49. The van der Waals surface area contributed by atoms with Crippen LogP contribution in [0.1, 0.15) is 18.9 Å². The van der Waals surface area contributed by atoms with Crippen molar-refractivity contribution in [1.82, 2.24) is 4.90 Å². The average Bonchev–Trinajstić information content (AvgIpc) is 2.37. The summed E-state index contributed by atoms with van der Waals surface area (Å²) in [5, 5.41) is 0. The number of benzene rings is 1. The molecule has 0 spiro atoms. The first-order chi connectivity index (χ1) is 9.11. The Morgan fingerprint density at radius 2 is 1.89 bits per heavy atom. The molecule has 19 heavy (non-hydrogen) atoms. The zero-order chi connectivity index (χ0) is 14.1. The van der Waals surface area contributed by atoms with Crippen LogP contribution in [0.4, 0.5) is 0 Å². The second kappa shape index (κ2) is 8.43. The van der Waals surface area contributed by atoms with Crippen molar-refractivity contribution in [3.8, 4) is 0 Å². The van der Waals surface area contributed by atoms with Gasteiger partial charge in [-0.3, -0.25) is 14.5 Å². The summed E-state index contributed by atoms with van der Waals surface area (Å²) in [6, 6.07) is 10.1. The first kappa shape index (κ1) is 15.4. The molecule has 0 bridgehead atoms. The number of rotatable bonds is 8. The fourth-order valence-corrected chi connectivity index (χ4v) is 1.77. The van der Waals surface area contributed by atoms with E-state index in [9.17, 15) is 9.59 Å². The summed E-state index contributed by atoms with van der Waals surface area (Å²) >= 11 is 0. The van der Waals surface area contributed by atoms with Gasteiger partial charge in [0.2, 0.25) is 0 Å². The Bertz CT molecular complexity index is 403. The van der Waals surface area contributed by atoms with Crippen LogP contribution in [0.2, 0.25) is 0 Å². The lowest BCUT2D eigenvalue weighted by Crippen LogP contribution is -2.29. The zero-order valence-electron chi connectivity index (χ0n) is 11.6. The van der Waals surface area contributed by atoms with Crippen molar-refractivity contribution in [2.24, 2.45) is 0 Å². The van der Waals surface area contributed by atoms with Crippen LogP contribution >= 0.6 is 0 Å². The van der Waals surface area contributed by atoms with Crippen molar-refractivity contribution in [3.63, 3.8) is 0 Å². The first-order valence-corrected chi connectivity index (χ1v) is 6.51. The summed E-state index contributed by atoms with van der Waals surface area (Å²) in [7, 11) is 1.88. The largest absolute Gasteiger partial charge is 0.466 e. The van der Waals surface area contributed by atoms with Crippen molar-refractivity contribution < 1.29 is 14.3 Å². The van der Waals surface area contributed by atoms with Gasteiger partial charge in [0.25, 0.3) is 0 Å². The van der Waals surface area contributed by atoms with E-state index >= 15 is 0 Å². The topological polar surface area (TPSA) is 46.6 Å². The van der Waals surface area contributed by atoms with Crippen molar-refractivity contribution in [1.29, 1.82) is 0 Å². The molecule has 1 aromatic carbocycles. The van der Waals surface area contributed by atoms with E-state index < -0.39 is 5.97 Å². The average molecular weight is 263 g/mol. The minimum Gasteiger partial charge on any atom is -0.466 e. The van der Waals surface area contributed by atoms with Crippen molar-refractivity contribution in [3.05, 3.63) is 35.9 Å². The summed E-state index contributed by atoms with van der Waals surface area (Å²) in [6.07, 6.45) is 0.757. The van der Waals surface area contributed by atoms with E-state index in [4.69, 9.17) is 4.74 Å². The minimum absolute atomic E-state index is 0.103. The van der Waals surface area contributed by atoms with Gasteiger partial charge < -0.3 is 4.74 Å². The molecule has 0 heterocycles. The molecule has 0 amide bonds. The third-order valence-electron chi connectivity index (χ3n) is 2.72. The van der Waals surface area contributed by atoms with Crippen molar-refractivity contribution in [2.75, 3.05) is 26.7 Å². The second-order valence-electron chi connectivity index (χ2n) is 4.49. The van der Waals surface area contributed by atoms with Gasteiger partial charge >= 0.3 is 5.97 Å². The molecule has 4 nitrogen and oxygen atoms in total. The molecular weight excluding hydrogens is 242 g/mol. The van der Waals surface area contributed by atoms with E-state index in [0.29, 0.717) is 6.61 Å². The Balaban J connectivity index is 2.25. The van der Waals surface area contributed by atoms with E-state index in [-0.39, 0.29) is 18.7 Å². The summed E-state index contributed by atoms with van der Waals surface area (Å²) < 4.78 is 4.75. The molecule has 0 aliphatic heterocycles. The predicted molar refractivity (Wildman–Crippen MR) is 73.9 cm³/mol. The summed E-state index contributed by atoms with van der Waals surface area (Å²) in [5.41, 5.74) is 1.24. The van der Waals surface area contributed by atoms with Crippen LogP contribution in [0.25, 0.3) is 0 Å². The zero-order valence-corrected chi connectivity index (χ0v) is 11.6. The molecule has 0 N–H and O–H groups in total. The van der Waals surface area contributed by atoms with Crippen LogP contribution in [0.3, 0.4) is 0 Å². The van der Waals surface area contributed by atoms with Gasteiger partial charge in [0, 0.05) is 6.54 Å². The lowest BCUT2D eigenvalue weighted by Gasteiger charge is -2.15. The molecule has 0 radical (unpaired) electrons. The predicted octanol–water partition coefficient (Wildman–Crippen LogP) is 1.68. The smallest absolute Gasteiger partial charge is 0.313 e. The number of hydrogen-bond donors (Lipinski definition) is 0. The van der Waals surface area contributed by atoms with Gasteiger partial charge in [0.1, 0.15) is 6.42 Å². The van der Waals surface area contributed by atoms with Crippen LogP contribution in [-0.2, 0) is 20.7 Å². The maximum atomic E-state index is 11.6. The maximum absolute atomic E-state index is 11.6. The van der Waals surface area contributed by atoms with Crippen molar-refractivity contribution in [2.45, 2.75) is 19.8 Å². The van der Waals surface area contributed by atoms with E-state index in [1.54, 1.807) is 6.92 Å². The Morgan fingerprint density at radius 3 is 2.53 bits per heavy atom. The highest BCUT2D eigenvalue weighted by Gasteiger charge is 2.12. The number of nitrogens with zero attached hydrogens (tertiary/aromatic N) is 1. The number of Topliss-reactive ketones (excluding diaryl/α,β-unsaturated/α-hetero) is 1. The van der Waals surface area contributed by atoms with Gasteiger partial charge in [-0.25, -0.2) is 0 Å². The van der Waals surface area contributed by atoms with E-state index in [2.05, 4.69) is 12.1 Å². The molecule has 0 unspecified atom stereocenters. The standard InChI is InChI=1S/C15H21NO3/c1-3-19-15(18)11-14(17)12-16(2)10-9-13-7-5-4-6-8-13/h4-8H,3,9-12H2,1-2H3. The van der Waals surface area contributed by atoms with Gasteiger partial charge in [-0.1, -0.05) is 30.3 Å². The molecule has 0 aliphatic rings. The maximum Gasteiger partial charge on any atom is 0.313 e. The molecule has 0 saturated carbocycles. The fraction of sp³-hybridized carbons (Fsp3) is 0.467. The molecule has 1 rings (SSSR count). The number of hydrogen-bond acceptors (Lipinski definition) is 4. The SMILES string of the molecule is CCOC(=O)CC(=O)CN(C)CCc1ccccc1. The highest BCUT2D eigenvalue weighted by molar-refractivity contribution is 5.96. The molecule has 1 aromatic rings. The molecule has 0 aromatic heterocycles. The third kappa shape index (κ3) is 6.72. The van der Waals surface area contributed by atoms with Crippen LogP contribution in [-0.4, -0.2) is 43.4 Å². The lowest BCUT2D eigenvalue weighted by molar-refractivity contribution is -0.145. The molecule has 0 saturated heterocycles. The third-order valence-corrected chi connectivity index (χ3v) is 2.72. The summed E-state index contributed by atoms with van der Waals surface area (Å²) in [4.78, 5) is 24.7. The van der Waals surface area contributed by atoms with Crippen LogP contribution < -0.4 is 0 Å². The summed E-state index contributed by atoms with van der Waals surface area (Å²) in [6.45, 7) is 3.12. The Hall–Kier alpha value is -1.68. The first-order valence-electron chi connectivity index (χ1n) is 6.51. The lowest BCUT2D eigenvalue weighted by atomic mass is 10.1. The van der Waals surface area contributed by atoms with Gasteiger partial charge in [-0.15, -0.1) is 0 Å². The highest BCUT2D eigenvalue weighted by Crippen LogP contribution is 2.01. The summed E-state index contributed by atoms with van der Waals surface area (Å²) in [5.74, 6) is -0.544. The minimum atomic E-state index is -0.441. The van der Waals surface area contributed by atoms with Crippen molar-refractivity contribution >= 4 is 11.8 Å². The Labute approximate surface area is 114 Å². The number of ketones is 1. The van der Waals surface area contributed by atoms with Crippen LogP contribution in [0.5, 0.6) is 0 Å². The number of ether oxygens (including phenoxy) is 1. The fourth-order valence-electron chi connectivity index (χ4n) is 1.77. The Morgan fingerprint density at radius 1 is 1.21 bits per heavy atom. The molecule has 4 heteroatoms.